The number of likely N-dealkylation sites (tertiary alicyclic amines) is 1. The summed E-state index contributed by atoms with van der Waals surface area (Å²) in [5, 5.41) is 3.84. The lowest BCUT2D eigenvalue weighted by atomic mass is 9.90. The SMILES string of the molecule is C[C@@H](Sc1ncnc2sccc12)C(=O)N1CCC(Cc2ccccc2)CC1. The number of aromatic nitrogens is 2. The van der Waals surface area contributed by atoms with Crippen molar-refractivity contribution in [2.24, 2.45) is 5.92 Å². The number of thioether (sulfide) groups is 1. The quantitative estimate of drug-likeness (QED) is 0.464. The number of rotatable bonds is 5. The number of hydrogen-bond donors (Lipinski definition) is 0. The van der Waals surface area contributed by atoms with Gasteiger partial charge in [0.05, 0.1) is 5.25 Å². The highest BCUT2D eigenvalue weighted by Crippen LogP contribution is 2.31. The highest BCUT2D eigenvalue weighted by Gasteiger charge is 2.27. The van der Waals surface area contributed by atoms with E-state index in [2.05, 4.69) is 40.3 Å². The van der Waals surface area contributed by atoms with Crippen molar-refractivity contribution in [2.75, 3.05) is 13.1 Å². The molecule has 1 atom stereocenters. The summed E-state index contributed by atoms with van der Waals surface area (Å²) in [7, 11) is 0. The summed E-state index contributed by atoms with van der Waals surface area (Å²) in [6, 6.07) is 12.7. The van der Waals surface area contributed by atoms with Gasteiger partial charge in [-0.25, -0.2) is 9.97 Å². The van der Waals surface area contributed by atoms with E-state index in [1.54, 1.807) is 29.4 Å². The summed E-state index contributed by atoms with van der Waals surface area (Å²) >= 11 is 3.15. The summed E-state index contributed by atoms with van der Waals surface area (Å²) in [5.41, 5.74) is 1.40. The van der Waals surface area contributed by atoms with Crippen LogP contribution in [0, 0.1) is 5.92 Å². The molecule has 1 saturated heterocycles. The van der Waals surface area contributed by atoms with Crippen LogP contribution in [0.1, 0.15) is 25.3 Å². The summed E-state index contributed by atoms with van der Waals surface area (Å²) in [6.07, 6.45) is 4.87. The highest BCUT2D eigenvalue weighted by molar-refractivity contribution is 8.00. The lowest BCUT2D eigenvalue weighted by molar-refractivity contribution is -0.131. The lowest BCUT2D eigenvalue weighted by Crippen LogP contribution is -2.42. The summed E-state index contributed by atoms with van der Waals surface area (Å²) < 4.78 is 0. The van der Waals surface area contributed by atoms with Crippen molar-refractivity contribution in [2.45, 2.75) is 36.5 Å². The van der Waals surface area contributed by atoms with E-state index >= 15 is 0 Å². The molecule has 0 radical (unpaired) electrons. The van der Waals surface area contributed by atoms with Crippen molar-refractivity contribution in [1.82, 2.24) is 14.9 Å². The van der Waals surface area contributed by atoms with Crippen LogP contribution in [0.5, 0.6) is 0 Å². The Labute approximate surface area is 168 Å². The Morgan fingerprint density at radius 2 is 2.00 bits per heavy atom. The van der Waals surface area contributed by atoms with Crippen molar-refractivity contribution < 1.29 is 4.79 Å². The van der Waals surface area contributed by atoms with Crippen LogP contribution in [0.25, 0.3) is 10.2 Å². The zero-order valence-electron chi connectivity index (χ0n) is 15.4. The first-order valence-corrected chi connectivity index (χ1v) is 11.1. The van der Waals surface area contributed by atoms with Gasteiger partial charge in [0.25, 0.3) is 0 Å². The molecule has 6 heteroatoms. The summed E-state index contributed by atoms with van der Waals surface area (Å²) in [4.78, 5) is 24.6. The molecule has 0 unspecified atom stereocenters. The van der Waals surface area contributed by atoms with Gasteiger partial charge in [-0.2, -0.15) is 0 Å². The molecule has 1 aliphatic heterocycles. The van der Waals surface area contributed by atoms with Gasteiger partial charge in [0, 0.05) is 18.5 Å². The first kappa shape index (κ1) is 18.4. The van der Waals surface area contributed by atoms with Crippen molar-refractivity contribution in [1.29, 1.82) is 0 Å². The number of benzene rings is 1. The van der Waals surface area contributed by atoms with Gasteiger partial charge in [0.2, 0.25) is 5.91 Å². The average Bonchev–Trinajstić information content (AvgIpc) is 3.19. The number of carbonyl (C=O) groups excluding carboxylic acids is 1. The monoisotopic (exact) mass is 397 g/mol. The summed E-state index contributed by atoms with van der Waals surface area (Å²) in [6.45, 7) is 3.71. The van der Waals surface area contributed by atoms with Crippen molar-refractivity contribution >= 4 is 39.2 Å². The van der Waals surface area contributed by atoms with E-state index in [0.29, 0.717) is 5.92 Å². The van der Waals surface area contributed by atoms with Gasteiger partial charge in [0.15, 0.2) is 0 Å². The van der Waals surface area contributed by atoms with E-state index < -0.39 is 0 Å². The molecular weight excluding hydrogens is 374 g/mol. The van der Waals surface area contributed by atoms with Crippen molar-refractivity contribution in [3.05, 3.63) is 53.7 Å². The second-order valence-electron chi connectivity index (χ2n) is 7.04. The standard InChI is InChI=1S/C21H23N3OS2/c1-15(27-20-18-9-12-26-19(18)22-14-23-20)21(25)24-10-7-17(8-11-24)13-16-5-3-2-4-6-16/h2-6,9,12,14-15,17H,7-8,10-11,13H2,1H3/t15-/m1/s1. The minimum Gasteiger partial charge on any atom is -0.342 e. The van der Waals surface area contributed by atoms with E-state index in [4.69, 9.17) is 0 Å². The van der Waals surface area contributed by atoms with Crippen LogP contribution in [-0.2, 0) is 11.2 Å². The molecule has 4 nitrogen and oxygen atoms in total. The fraction of sp³-hybridized carbons (Fsp3) is 0.381. The van der Waals surface area contributed by atoms with Gasteiger partial charge in [-0.3, -0.25) is 4.79 Å². The van der Waals surface area contributed by atoms with Crippen LogP contribution in [0.15, 0.2) is 53.1 Å². The Morgan fingerprint density at radius 3 is 2.78 bits per heavy atom. The summed E-state index contributed by atoms with van der Waals surface area (Å²) in [5.74, 6) is 0.895. The predicted octanol–water partition coefficient (Wildman–Crippen LogP) is 4.65. The largest absolute Gasteiger partial charge is 0.342 e. The molecule has 1 aromatic carbocycles. The predicted molar refractivity (Wildman–Crippen MR) is 112 cm³/mol. The smallest absolute Gasteiger partial charge is 0.235 e. The van der Waals surface area contributed by atoms with E-state index in [1.807, 2.05) is 23.3 Å². The van der Waals surface area contributed by atoms with Gasteiger partial charge >= 0.3 is 0 Å². The van der Waals surface area contributed by atoms with Crippen molar-refractivity contribution in [3.8, 4) is 0 Å². The normalized spacial score (nSPS) is 16.6. The molecule has 0 saturated carbocycles. The fourth-order valence-corrected chi connectivity index (χ4v) is 5.42. The van der Waals surface area contributed by atoms with Gasteiger partial charge in [-0.15, -0.1) is 11.3 Å². The minimum absolute atomic E-state index is 0.131. The molecule has 3 heterocycles. The maximum atomic E-state index is 12.9. The molecule has 27 heavy (non-hydrogen) atoms. The second-order valence-corrected chi connectivity index (χ2v) is 9.26. The second kappa shape index (κ2) is 8.40. The van der Waals surface area contributed by atoms with Crippen LogP contribution in [0.2, 0.25) is 0 Å². The Kier molecular flexibility index (Phi) is 5.74. The van der Waals surface area contributed by atoms with Crippen LogP contribution in [0.3, 0.4) is 0 Å². The molecule has 140 valence electrons. The molecule has 4 rings (SSSR count). The Balaban J connectivity index is 1.33. The Morgan fingerprint density at radius 1 is 1.22 bits per heavy atom. The highest BCUT2D eigenvalue weighted by atomic mass is 32.2. The topological polar surface area (TPSA) is 46.1 Å². The third-order valence-corrected chi connectivity index (χ3v) is 7.08. The van der Waals surface area contributed by atoms with E-state index in [0.717, 1.165) is 47.6 Å². The van der Waals surface area contributed by atoms with Gasteiger partial charge < -0.3 is 4.90 Å². The Bertz CT molecular complexity index is 904. The number of nitrogens with zero attached hydrogens (tertiary/aromatic N) is 3. The molecule has 0 aliphatic carbocycles. The lowest BCUT2D eigenvalue weighted by Gasteiger charge is -2.33. The maximum Gasteiger partial charge on any atom is 0.235 e. The van der Waals surface area contributed by atoms with Gasteiger partial charge in [0.1, 0.15) is 16.2 Å². The van der Waals surface area contributed by atoms with E-state index in [-0.39, 0.29) is 11.2 Å². The number of thiophene rings is 1. The van der Waals surface area contributed by atoms with Gasteiger partial charge in [-0.1, -0.05) is 42.1 Å². The number of fused-ring (bicyclic) bond motifs is 1. The number of amides is 1. The minimum atomic E-state index is -0.131. The third-order valence-electron chi connectivity index (χ3n) is 5.15. The Hall–Kier alpha value is -1.92. The molecule has 1 amide bonds. The molecule has 0 spiro atoms. The first-order chi connectivity index (χ1) is 13.2. The van der Waals surface area contributed by atoms with Crippen LogP contribution < -0.4 is 0 Å². The maximum absolute atomic E-state index is 12.9. The molecule has 0 N–H and O–H groups in total. The zero-order valence-corrected chi connectivity index (χ0v) is 17.0. The van der Waals surface area contributed by atoms with E-state index in [1.165, 1.54) is 5.56 Å². The number of carbonyl (C=O) groups is 1. The molecule has 0 bridgehead atoms. The molecule has 2 aromatic heterocycles. The average molecular weight is 398 g/mol. The molecule has 1 aliphatic rings. The molecular formula is C21H23N3OS2. The van der Waals surface area contributed by atoms with E-state index in [9.17, 15) is 4.79 Å². The molecule has 1 fully saturated rings. The van der Waals surface area contributed by atoms with Crippen LogP contribution >= 0.6 is 23.1 Å². The fourth-order valence-electron chi connectivity index (χ4n) is 3.64. The van der Waals surface area contributed by atoms with Crippen LogP contribution in [0.4, 0.5) is 0 Å². The van der Waals surface area contributed by atoms with Crippen molar-refractivity contribution in [3.63, 3.8) is 0 Å². The first-order valence-electron chi connectivity index (χ1n) is 9.38. The molecule has 3 aromatic rings. The number of hydrogen-bond acceptors (Lipinski definition) is 5. The van der Waals surface area contributed by atoms with Gasteiger partial charge in [-0.05, 0) is 49.1 Å². The number of piperidine rings is 1. The zero-order chi connectivity index (χ0) is 18.6. The van der Waals surface area contributed by atoms with Crippen LogP contribution in [-0.4, -0.2) is 39.1 Å². The third kappa shape index (κ3) is 4.33.